The fourth-order valence-electron chi connectivity index (χ4n) is 2.86. The fourth-order valence-corrected chi connectivity index (χ4v) is 4.03. The first kappa shape index (κ1) is 18.6. The highest BCUT2D eigenvalue weighted by molar-refractivity contribution is 8.26. The van der Waals surface area contributed by atoms with Crippen molar-refractivity contribution >= 4 is 40.3 Å². The monoisotopic (exact) mass is 409 g/mol. The number of nitrogens with zero attached hydrogens (tertiary/aromatic N) is 3. The smallest absolute Gasteiger partial charge is 0.265 e. The fraction of sp³-hybridized carbons (Fsp3) is 0.0952. The second kappa shape index (κ2) is 7.33. The van der Waals surface area contributed by atoms with Crippen LogP contribution < -0.4 is 0 Å². The van der Waals surface area contributed by atoms with Crippen LogP contribution in [0, 0.1) is 12.7 Å². The summed E-state index contributed by atoms with van der Waals surface area (Å²) in [4.78, 5) is 14.4. The van der Waals surface area contributed by atoms with Crippen LogP contribution in [-0.4, -0.2) is 32.0 Å². The van der Waals surface area contributed by atoms with E-state index in [1.807, 2.05) is 42.6 Å². The number of amides is 1. The predicted octanol–water partition coefficient (Wildman–Crippen LogP) is 4.82. The molecule has 140 valence electrons. The molecule has 0 saturated carbocycles. The molecule has 1 aromatic heterocycles. The molecule has 0 radical (unpaired) electrons. The van der Waals surface area contributed by atoms with E-state index in [2.05, 4.69) is 5.10 Å². The number of thiocarbonyl (C=S) groups is 1. The van der Waals surface area contributed by atoms with E-state index in [-0.39, 0.29) is 11.7 Å². The molecule has 0 spiro atoms. The van der Waals surface area contributed by atoms with Crippen molar-refractivity contribution in [1.82, 2.24) is 14.7 Å². The first-order valence-electron chi connectivity index (χ1n) is 8.57. The van der Waals surface area contributed by atoms with Crippen LogP contribution in [0.3, 0.4) is 0 Å². The Bertz CT molecular complexity index is 1120. The second-order valence-electron chi connectivity index (χ2n) is 6.42. The molecule has 1 aliphatic heterocycles. The molecule has 0 aliphatic carbocycles. The van der Waals surface area contributed by atoms with Gasteiger partial charge in [-0.3, -0.25) is 9.69 Å². The van der Waals surface area contributed by atoms with Crippen molar-refractivity contribution in [3.8, 4) is 16.9 Å². The van der Waals surface area contributed by atoms with Gasteiger partial charge in [-0.25, -0.2) is 9.07 Å². The van der Waals surface area contributed by atoms with E-state index in [0.717, 1.165) is 11.3 Å². The minimum atomic E-state index is -0.294. The lowest BCUT2D eigenvalue weighted by atomic mass is 10.1. The first-order chi connectivity index (χ1) is 13.4. The summed E-state index contributed by atoms with van der Waals surface area (Å²) < 4.78 is 16.4. The molecule has 0 atom stereocenters. The van der Waals surface area contributed by atoms with E-state index in [1.54, 1.807) is 30.8 Å². The molecule has 4 rings (SSSR count). The van der Waals surface area contributed by atoms with Crippen LogP contribution in [0.1, 0.15) is 11.1 Å². The summed E-state index contributed by atoms with van der Waals surface area (Å²) in [6.45, 7) is 1.72. The quantitative estimate of drug-likeness (QED) is 0.459. The SMILES string of the molecule is Cc1ccc(-c2nn(-c3ccccc3)cc2C=C2SC(=S)N(C)C2=O)cc1F. The zero-order chi connectivity index (χ0) is 19.8. The molecule has 3 aromatic rings. The van der Waals surface area contributed by atoms with Crippen LogP contribution in [0.2, 0.25) is 0 Å². The molecule has 1 fully saturated rings. The van der Waals surface area contributed by atoms with Gasteiger partial charge in [0, 0.05) is 24.4 Å². The molecule has 28 heavy (non-hydrogen) atoms. The van der Waals surface area contributed by atoms with Crippen molar-refractivity contribution in [3.05, 3.63) is 76.6 Å². The van der Waals surface area contributed by atoms with Gasteiger partial charge in [0.2, 0.25) is 0 Å². The van der Waals surface area contributed by atoms with Gasteiger partial charge in [-0.2, -0.15) is 5.10 Å². The lowest BCUT2D eigenvalue weighted by Gasteiger charge is -2.04. The molecule has 2 heterocycles. The van der Waals surface area contributed by atoms with Gasteiger partial charge in [0.1, 0.15) is 15.8 Å². The number of benzene rings is 2. The van der Waals surface area contributed by atoms with Crippen LogP contribution in [0.5, 0.6) is 0 Å². The molecule has 1 saturated heterocycles. The predicted molar refractivity (Wildman–Crippen MR) is 115 cm³/mol. The van der Waals surface area contributed by atoms with E-state index in [0.29, 0.717) is 26.0 Å². The van der Waals surface area contributed by atoms with Gasteiger partial charge in [0.05, 0.1) is 10.6 Å². The van der Waals surface area contributed by atoms with Gasteiger partial charge >= 0.3 is 0 Å². The molecule has 2 aromatic carbocycles. The minimum absolute atomic E-state index is 0.150. The number of rotatable bonds is 3. The van der Waals surface area contributed by atoms with Crippen LogP contribution in [0.25, 0.3) is 23.0 Å². The van der Waals surface area contributed by atoms with E-state index >= 15 is 0 Å². The van der Waals surface area contributed by atoms with Crippen molar-refractivity contribution < 1.29 is 9.18 Å². The largest absolute Gasteiger partial charge is 0.296 e. The number of thioether (sulfide) groups is 1. The van der Waals surface area contributed by atoms with Crippen molar-refractivity contribution in [2.24, 2.45) is 0 Å². The van der Waals surface area contributed by atoms with Crippen molar-refractivity contribution in [1.29, 1.82) is 0 Å². The number of hydrogen-bond donors (Lipinski definition) is 0. The van der Waals surface area contributed by atoms with Gasteiger partial charge in [-0.15, -0.1) is 0 Å². The lowest BCUT2D eigenvalue weighted by molar-refractivity contribution is -0.121. The normalized spacial score (nSPS) is 15.7. The van der Waals surface area contributed by atoms with Crippen LogP contribution >= 0.6 is 24.0 Å². The molecule has 0 N–H and O–H groups in total. The topological polar surface area (TPSA) is 38.1 Å². The third kappa shape index (κ3) is 3.39. The lowest BCUT2D eigenvalue weighted by Crippen LogP contribution is -2.22. The number of carbonyl (C=O) groups is 1. The number of likely N-dealkylation sites (N-methyl/N-ethyl adjacent to an activating group) is 1. The zero-order valence-corrected chi connectivity index (χ0v) is 16.9. The zero-order valence-electron chi connectivity index (χ0n) is 15.2. The molecule has 4 nitrogen and oxygen atoms in total. The molecule has 0 unspecified atom stereocenters. The Morgan fingerprint density at radius 1 is 1.18 bits per heavy atom. The van der Waals surface area contributed by atoms with Gasteiger partial charge in [0.25, 0.3) is 5.91 Å². The number of halogens is 1. The van der Waals surface area contributed by atoms with Crippen LogP contribution in [0.15, 0.2) is 59.6 Å². The molecule has 7 heteroatoms. The third-order valence-electron chi connectivity index (χ3n) is 4.48. The van der Waals surface area contributed by atoms with E-state index in [4.69, 9.17) is 12.2 Å². The highest BCUT2D eigenvalue weighted by atomic mass is 32.2. The number of para-hydroxylation sites is 1. The van der Waals surface area contributed by atoms with Crippen molar-refractivity contribution in [3.63, 3.8) is 0 Å². The Morgan fingerprint density at radius 3 is 2.57 bits per heavy atom. The summed E-state index contributed by atoms with van der Waals surface area (Å²) in [5, 5.41) is 4.67. The molecular formula is C21H16FN3OS2. The summed E-state index contributed by atoms with van der Waals surface area (Å²) in [5.74, 6) is -0.443. The summed E-state index contributed by atoms with van der Waals surface area (Å²) in [5.41, 5.74) is 3.42. The molecule has 1 amide bonds. The number of aryl methyl sites for hydroxylation is 1. The Morgan fingerprint density at radius 2 is 1.93 bits per heavy atom. The minimum Gasteiger partial charge on any atom is -0.296 e. The van der Waals surface area contributed by atoms with E-state index in [1.165, 1.54) is 22.7 Å². The summed E-state index contributed by atoms with van der Waals surface area (Å²) in [6.07, 6.45) is 3.60. The average molecular weight is 410 g/mol. The van der Waals surface area contributed by atoms with Gasteiger partial charge in [0.15, 0.2) is 0 Å². The van der Waals surface area contributed by atoms with Gasteiger partial charge in [-0.05, 0) is 36.8 Å². The average Bonchev–Trinajstić information content (AvgIpc) is 3.22. The Labute approximate surface area is 171 Å². The van der Waals surface area contributed by atoms with Crippen molar-refractivity contribution in [2.45, 2.75) is 6.92 Å². The molecular weight excluding hydrogens is 393 g/mol. The highest BCUT2D eigenvalue weighted by Crippen LogP contribution is 2.34. The van der Waals surface area contributed by atoms with Gasteiger partial charge < -0.3 is 0 Å². The Hall–Kier alpha value is -2.77. The molecule has 1 aliphatic rings. The number of carbonyl (C=O) groups excluding carboxylic acids is 1. The third-order valence-corrected chi connectivity index (χ3v) is 5.97. The number of aromatic nitrogens is 2. The number of hydrogen-bond acceptors (Lipinski definition) is 4. The Balaban J connectivity index is 1.86. The highest BCUT2D eigenvalue weighted by Gasteiger charge is 2.29. The first-order valence-corrected chi connectivity index (χ1v) is 9.79. The summed E-state index contributed by atoms with van der Waals surface area (Å²) >= 11 is 6.46. The van der Waals surface area contributed by atoms with Crippen LogP contribution in [0.4, 0.5) is 4.39 Å². The van der Waals surface area contributed by atoms with Crippen molar-refractivity contribution in [2.75, 3.05) is 7.05 Å². The Kier molecular flexibility index (Phi) is 4.87. The standard InChI is InChI=1S/C21H16FN3OS2/c1-13-8-9-14(10-17(13)22)19-15(11-18-20(26)24(2)21(27)28-18)12-25(23-19)16-6-4-3-5-7-16/h3-12H,1-2H3. The maximum atomic E-state index is 14.2. The maximum Gasteiger partial charge on any atom is 0.265 e. The molecule has 0 bridgehead atoms. The maximum absolute atomic E-state index is 14.2. The summed E-state index contributed by atoms with van der Waals surface area (Å²) in [7, 11) is 1.65. The van der Waals surface area contributed by atoms with E-state index in [9.17, 15) is 9.18 Å². The van der Waals surface area contributed by atoms with Crippen LogP contribution in [-0.2, 0) is 4.79 Å². The summed E-state index contributed by atoms with van der Waals surface area (Å²) in [6, 6.07) is 14.7. The van der Waals surface area contributed by atoms with Gasteiger partial charge in [-0.1, -0.05) is 54.3 Å². The second-order valence-corrected chi connectivity index (χ2v) is 8.09. The van der Waals surface area contributed by atoms with E-state index < -0.39 is 0 Å².